The van der Waals surface area contributed by atoms with Crippen LogP contribution in [0.15, 0.2) is 24.4 Å². The fourth-order valence-corrected chi connectivity index (χ4v) is 1.22. The zero-order chi connectivity index (χ0) is 8.39. The summed E-state index contributed by atoms with van der Waals surface area (Å²) in [7, 11) is 0. The Hall–Kier alpha value is -1.42. The lowest BCUT2D eigenvalue weighted by Gasteiger charge is -1.93. The van der Waals surface area contributed by atoms with Gasteiger partial charge in [-0.15, -0.1) is 10.2 Å². The summed E-state index contributed by atoms with van der Waals surface area (Å²) in [5.74, 6) is 0.987. The van der Waals surface area contributed by atoms with Gasteiger partial charge >= 0.3 is 0 Å². The molecule has 4 heteroatoms. The molecule has 0 atom stereocenters. The fraction of sp³-hybridized carbons (Fsp3) is 0.250. The molecule has 0 saturated heterocycles. The molecular weight excluding hydrogens is 152 g/mol. The Bertz CT molecular complexity index is 379. The second-order valence-electron chi connectivity index (χ2n) is 2.65. The van der Waals surface area contributed by atoms with Gasteiger partial charge in [-0.05, 0) is 12.1 Å². The number of hydrogen-bond donors (Lipinski definition) is 1. The molecule has 0 fully saturated rings. The van der Waals surface area contributed by atoms with Crippen molar-refractivity contribution in [1.29, 1.82) is 0 Å². The first-order valence-corrected chi connectivity index (χ1v) is 3.99. The Labute approximate surface area is 70.0 Å². The van der Waals surface area contributed by atoms with Crippen LogP contribution in [-0.2, 0) is 6.42 Å². The maximum Gasteiger partial charge on any atom is 0.160 e. The average molecular weight is 163 g/mol. The first-order valence-electron chi connectivity index (χ1n) is 3.99. The van der Waals surface area contributed by atoms with Crippen LogP contribution >= 0.6 is 0 Å². The number of fused-ring (bicyclic) bond motifs is 1. The van der Waals surface area contributed by atoms with E-state index < -0.39 is 0 Å². The number of aromatic nitrogens is 3. The van der Waals surface area contributed by atoms with Crippen molar-refractivity contribution >= 4 is 5.65 Å². The zero-order valence-corrected chi connectivity index (χ0v) is 6.77. The molecule has 0 saturated carbocycles. The molecule has 4 nitrogen and oxygen atoms in total. The van der Waals surface area contributed by atoms with Crippen LogP contribution in [0.5, 0.6) is 0 Å². The van der Waals surface area contributed by atoms with Crippen molar-refractivity contribution in [3.63, 3.8) is 0 Å². The third-order valence-corrected chi connectivity index (χ3v) is 1.78. The highest BCUT2D eigenvalue weighted by Gasteiger charge is 2.02. The minimum Gasteiger partial charge on any atom is -0.357 e. The quantitative estimate of drug-likeness (QED) is 0.649. The second-order valence-corrected chi connectivity index (χ2v) is 2.65. The summed E-state index contributed by atoms with van der Waals surface area (Å²) in [5, 5.41) is 8.08. The molecule has 0 spiro atoms. The van der Waals surface area contributed by atoms with Gasteiger partial charge in [0.15, 0.2) is 5.65 Å². The molecule has 62 valence electrons. The van der Waals surface area contributed by atoms with Gasteiger partial charge in [0, 0.05) is 6.20 Å². The van der Waals surface area contributed by atoms with Crippen molar-refractivity contribution in [2.45, 2.75) is 6.42 Å². The molecule has 2 heterocycles. The second kappa shape index (κ2) is 2.91. The molecule has 0 bridgehead atoms. The minimum atomic E-state index is 0.857. The van der Waals surface area contributed by atoms with E-state index in [0.29, 0.717) is 0 Å². The zero-order valence-electron chi connectivity index (χ0n) is 6.77. The van der Waals surface area contributed by atoms with E-state index in [4.69, 9.17) is 0 Å². The van der Waals surface area contributed by atoms with E-state index in [-0.39, 0.29) is 0 Å². The van der Waals surface area contributed by atoms with Gasteiger partial charge in [0.2, 0.25) is 0 Å². The maximum absolute atomic E-state index is 4.06. The van der Waals surface area contributed by atoms with Crippen LogP contribution in [0.25, 0.3) is 5.65 Å². The van der Waals surface area contributed by atoms with Crippen LogP contribution in [0.1, 0.15) is 5.82 Å². The summed E-state index contributed by atoms with van der Waals surface area (Å²) in [6.07, 6.45) is 2.85. The van der Waals surface area contributed by atoms with Gasteiger partial charge in [0.05, 0.1) is 13.0 Å². The molecule has 0 radical (unpaired) electrons. The van der Waals surface area contributed by atoms with Gasteiger partial charge in [-0.25, -0.2) is 0 Å². The highest BCUT2D eigenvalue weighted by Crippen LogP contribution is 2.01. The molecule has 0 aliphatic carbocycles. The minimum absolute atomic E-state index is 0.857. The normalized spacial score (nSPS) is 10.8. The van der Waals surface area contributed by atoms with Crippen LogP contribution in [0.3, 0.4) is 0 Å². The van der Waals surface area contributed by atoms with E-state index in [1.165, 1.54) is 0 Å². The van der Waals surface area contributed by atoms with E-state index in [2.05, 4.69) is 15.9 Å². The summed E-state index contributed by atoms with van der Waals surface area (Å²) in [6.45, 7) is 0.857. The van der Waals surface area contributed by atoms with Crippen molar-refractivity contribution in [1.82, 2.24) is 14.6 Å². The number of rotatable bonds is 2. The smallest absolute Gasteiger partial charge is 0.160 e. The van der Waals surface area contributed by atoms with Gasteiger partial charge in [-0.2, -0.15) is 0 Å². The Balaban J connectivity index is 2.55. The van der Waals surface area contributed by atoms with Crippen LogP contribution in [0.4, 0.5) is 0 Å². The van der Waals surface area contributed by atoms with Crippen LogP contribution in [0.2, 0.25) is 0 Å². The lowest BCUT2D eigenvalue weighted by Crippen LogP contribution is -2.51. The lowest BCUT2D eigenvalue weighted by molar-refractivity contribution is -0.366. The van der Waals surface area contributed by atoms with Gasteiger partial charge < -0.3 is 5.73 Å². The monoisotopic (exact) mass is 163 g/mol. The molecule has 2 rings (SSSR count). The predicted molar refractivity (Wildman–Crippen MR) is 44.4 cm³/mol. The van der Waals surface area contributed by atoms with Crippen molar-refractivity contribution in [3.05, 3.63) is 30.2 Å². The van der Waals surface area contributed by atoms with Crippen LogP contribution < -0.4 is 5.73 Å². The molecule has 12 heavy (non-hydrogen) atoms. The summed E-state index contributed by atoms with van der Waals surface area (Å²) >= 11 is 0. The van der Waals surface area contributed by atoms with Gasteiger partial charge in [-0.3, -0.25) is 4.40 Å². The molecule has 3 N–H and O–H groups in total. The van der Waals surface area contributed by atoms with Gasteiger partial charge in [0.25, 0.3) is 0 Å². The lowest BCUT2D eigenvalue weighted by atomic mass is 10.4. The summed E-state index contributed by atoms with van der Waals surface area (Å²) in [5.41, 5.74) is 4.69. The predicted octanol–water partition coefficient (Wildman–Crippen LogP) is -0.486. The molecule has 0 aliphatic heterocycles. The van der Waals surface area contributed by atoms with Crippen molar-refractivity contribution in [2.75, 3.05) is 6.54 Å². The number of quaternary nitrogens is 1. The first kappa shape index (κ1) is 7.24. The Morgan fingerprint density at radius 3 is 3.08 bits per heavy atom. The molecule has 0 aromatic carbocycles. The number of pyridine rings is 1. The van der Waals surface area contributed by atoms with Gasteiger partial charge in [0.1, 0.15) is 5.82 Å². The third-order valence-electron chi connectivity index (χ3n) is 1.78. The van der Waals surface area contributed by atoms with Gasteiger partial charge in [-0.1, -0.05) is 6.07 Å². The van der Waals surface area contributed by atoms with Crippen molar-refractivity contribution in [3.8, 4) is 0 Å². The highest BCUT2D eigenvalue weighted by molar-refractivity contribution is 5.36. The standard InChI is InChI=1S/C8H10N4/c9-5-4-8-11-10-7-3-1-2-6-12(7)8/h1-3,6H,4-5,9H2/p+1. The first-order chi connectivity index (χ1) is 5.92. The Morgan fingerprint density at radius 2 is 2.25 bits per heavy atom. The summed E-state index contributed by atoms with van der Waals surface area (Å²) in [4.78, 5) is 0. The molecular formula is C8H11N4+. The van der Waals surface area contributed by atoms with Crippen molar-refractivity contribution < 1.29 is 5.73 Å². The SMILES string of the molecule is [NH3+]CCc1nnc2ccccn12. The van der Waals surface area contributed by atoms with Crippen LogP contribution in [0, 0.1) is 0 Å². The van der Waals surface area contributed by atoms with Crippen LogP contribution in [-0.4, -0.2) is 21.1 Å². The molecule has 2 aromatic rings. The maximum atomic E-state index is 4.06. The molecule has 0 unspecified atom stereocenters. The van der Waals surface area contributed by atoms with Crippen molar-refractivity contribution in [2.24, 2.45) is 0 Å². The highest BCUT2D eigenvalue weighted by atomic mass is 15.2. The summed E-state index contributed by atoms with van der Waals surface area (Å²) < 4.78 is 1.99. The molecule has 0 aliphatic rings. The van der Waals surface area contributed by atoms with E-state index in [9.17, 15) is 0 Å². The number of nitrogens with zero attached hydrogens (tertiary/aromatic N) is 3. The number of hydrogen-bond acceptors (Lipinski definition) is 2. The van der Waals surface area contributed by atoms with E-state index in [1.54, 1.807) is 0 Å². The Morgan fingerprint density at radius 1 is 1.33 bits per heavy atom. The average Bonchev–Trinajstić information content (AvgIpc) is 2.50. The summed E-state index contributed by atoms with van der Waals surface area (Å²) in [6, 6.07) is 5.88. The van der Waals surface area contributed by atoms with E-state index in [0.717, 1.165) is 24.4 Å². The third kappa shape index (κ3) is 1.06. The largest absolute Gasteiger partial charge is 0.357 e. The fourth-order valence-electron chi connectivity index (χ4n) is 1.22. The van der Waals surface area contributed by atoms with E-state index >= 15 is 0 Å². The topological polar surface area (TPSA) is 57.8 Å². The molecule has 0 amide bonds. The van der Waals surface area contributed by atoms with E-state index in [1.807, 2.05) is 28.8 Å². The molecule has 2 aromatic heterocycles. The Kier molecular flexibility index (Phi) is 1.75.